The first kappa shape index (κ1) is 13.9. The quantitative estimate of drug-likeness (QED) is 0.634. The number of aromatic hydroxyl groups is 1. The Morgan fingerprint density at radius 1 is 1.47 bits per heavy atom. The van der Waals surface area contributed by atoms with Crippen LogP contribution in [0.1, 0.15) is 5.56 Å². The molecular weight excluding hydrogens is 262 g/mol. The molecule has 5 nitrogen and oxygen atoms in total. The Morgan fingerprint density at radius 2 is 2.26 bits per heavy atom. The lowest BCUT2D eigenvalue weighted by atomic mass is 10.2. The molecule has 1 aromatic rings. The highest BCUT2D eigenvalue weighted by atomic mass is 32.2. The zero-order valence-corrected chi connectivity index (χ0v) is 11.4. The van der Waals surface area contributed by atoms with Gasteiger partial charge in [-0.3, -0.25) is 9.69 Å². The molecule has 2 rings (SSSR count). The second-order valence-electron chi connectivity index (χ2n) is 4.28. The lowest BCUT2D eigenvalue weighted by molar-refractivity contribution is -0.122. The van der Waals surface area contributed by atoms with E-state index in [9.17, 15) is 9.90 Å². The number of hydrogen-bond acceptors (Lipinski definition) is 5. The van der Waals surface area contributed by atoms with Crippen molar-refractivity contribution in [2.45, 2.75) is 0 Å². The number of carbonyl (C=O) groups excluding carboxylic acids is 1. The predicted molar refractivity (Wildman–Crippen MR) is 77.6 cm³/mol. The van der Waals surface area contributed by atoms with Gasteiger partial charge in [-0.1, -0.05) is 12.1 Å². The number of phenolic OH excluding ortho intramolecular Hbond substituents is 1. The van der Waals surface area contributed by atoms with Gasteiger partial charge in [0.05, 0.1) is 12.8 Å². The molecule has 1 fully saturated rings. The molecule has 102 valence electrons. The molecular formula is C13H17N3O2S. The van der Waals surface area contributed by atoms with E-state index in [0.717, 1.165) is 30.2 Å². The first-order valence-electron chi connectivity index (χ1n) is 6.15. The standard InChI is InChI=1S/C13H17N3O2S/c17-12-3-1-2-11(8-12)9-14-15-13(18)10-16-4-6-19-7-5-16/h1-3,8-9,17H,4-7,10H2,(H,15,18). The maximum absolute atomic E-state index is 11.6. The number of benzene rings is 1. The van der Waals surface area contributed by atoms with E-state index >= 15 is 0 Å². The van der Waals surface area contributed by atoms with Crippen molar-refractivity contribution < 1.29 is 9.90 Å². The Morgan fingerprint density at radius 3 is 3.00 bits per heavy atom. The van der Waals surface area contributed by atoms with Crippen molar-refractivity contribution in [3.63, 3.8) is 0 Å². The Hall–Kier alpha value is -1.53. The highest BCUT2D eigenvalue weighted by Crippen LogP contribution is 2.09. The minimum atomic E-state index is -0.108. The Kier molecular flexibility index (Phi) is 5.23. The van der Waals surface area contributed by atoms with Crippen molar-refractivity contribution in [2.75, 3.05) is 31.1 Å². The summed E-state index contributed by atoms with van der Waals surface area (Å²) in [7, 11) is 0. The summed E-state index contributed by atoms with van der Waals surface area (Å²) in [5.74, 6) is 2.24. The second-order valence-corrected chi connectivity index (χ2v) is 5.50. The van der Waals surface area contributed by atoms with E-state index in [1.54, 1.807) is 24.3 Å². The van der Waals surface area contributed by atoms with Crippen LogP contribution in [0, 0.1) is 0 Å². The number of amides is 1. The van der Waals surface area contributed by atoms with Crippen molar-refractivity contribution in [3.8, 4) is 5.75 Å². The average molecular weight is 279 g/mol. The molecule has 0 aromatic heterocycles. The van der Waals surface area contributed by atoms with Crippen LogP contribution in [0.15, 0.2) is 29.4 Å². The van der Waals surface area contributed by atoms with Crippen molar-refractivity contribution >= 4 is 23.9 Å². The molecule has 0 atom stereocenters. The summed E-state index contributed by atoms with van der Waals surface area (Å²) in [6.07, 6.45) is 1.52. The van der Waals surface area contributed by atoms with Crippen LogP contribution in [0.25, 0.3) is 0 Å². The van der Waals surface area contributed by atoms with Crippen molar-refractivity contribution in [2.24, 2.45) is 5.10 Å². The molecule has 1 heterocycles. The van der Waals surface area contributed by atoms with Gasteiger partial charge in [-0.05, 0) is 17.7 Å². The molecule has 2 N–H and O–H groups in total. The number of hydrazone groups is 1. The van der Waals surface area contributed by atoms with Gasteiger partial charge in [0.1, 0.15) is 5.75 Å². The summed E-state index contributed by atoms with van der Waals surface area (Å²) in [4.78, 5) is 13.8. The van der Waals surface area contributed by atoms with Gasteiger partial charge >= 0.3 is 0 Å². The number of hydrogen-bond donors (Lipinski definition) is 2. The minimum Gasteiger partial charge on any atom is -0.508 e. The van der Waals surface area contributed by atoms with Crippen molar-refractivity contribution in [1.82, 2.24) is 10.3 Å². The Bertz CT molecular complexity index is 459. The third-order valence-electron chi connectivity index (χ3n) is 2.74. The second kappa shape index (κ2) is 7.16. The number of thioether (sulfide) groups is 1. The SMILES string of the molecule is O=C(CN1CCSCC1)NN=Cc1cccc(O)c1. The van der Waals surface area contributed by atoms with Crippen LogP contribution in [0.2, 0.25) is 0 Å². The van der Waals surface area contributed by atoms with Crippen LogP contribution in [-0.2, 0) is 4.79 Å². The van der Waals surface area contributed by atoms with E-state index in [1.165, 1.54) is 6.21 Å². The normalized spacial score (nSPS) is 16.6. The molecule has 0 aliphatic carbocycles. The minimum absolute atomic E-state index is 0.108. The van der Waals surface area contributed by atoms with Gasteiger partial charge in [-0.15, -0.1) is 0 Å². The van der Waals surface area contributed by atoms with Crippen molar-refractivity contribution in [3.05, 3.63) is 29.8 Å². The first-order chi connectivity index (χ1) is 9.24. The van der Waals surface area contributed by atoms with Crippen LogP contribution < -0.4 is 5.43 Å². The molecule has 19 heavy (non-hydrogen) atoms. The number of carbonyl (C=O) groups is 1. The van der Waals surface area contributed by atoms with Gasteiger partial charge in [0, 0.05) is 24.6 Å². The highest BCUT2D eigenvalue weighted by Gasteiger charge is 2.13. The Balaban J connectivity index is 1.76. The fourth-order valence-corrected chi connectivity index (χ4v) is 2.76. The monoisotopic (exact) mass is 279 g/mol. The summed E-state index contributed by atoms with van der Waals surface area (Å²) in [5.41, 5.74) is 3.24. The molecule has 0 spiro atoms. The van der Waals surface area contributed by atoms with Gasteiger partial charge in [0.15, 0.2) is 0 Å². The molecule has 0 bridgehead atoms. The molecule has 0 radical (unpaired) electrons. The molecule has 0 saturated carbocycles. The van der Waals surface area contributed by atoms with E-state index in [4.69, 9.17) is 0 Å². The summed E-state index contributed by atoms with van der Waals surface area (Å²) >= 11 is 1.92. The van der Waals surface area contributed by atoms with E-state index in [2.05, 4.69) is 15.4 Å². The van der Waals surface area contributed by atoms with Gasteiger partial charge < -0.3 is 5.11 Å². The third-order valence-corrected chi connectivity index (χ3v) is 3.69. The maximum atomic E-state index is 11.6. The lowest BCUT2D eigenvalue weighted by Crippen LogP contribution is -2.40. The van der Waals surface area contributed by atoms with Crippen LogP contribution in [0.5, 0.6) is 5.75 Å². The zero-order chi connectivity index (χ0) is 13.5. The molecule has 0 unspecified atom stereocenters. The van der Waals surface area contributed by atoms with Crippen LogP contribution in [0.3, 0.4) is 0 Å². The number of nitrogens with zero attached hydrogens (tertiary/aromatic N) is 2. The molecule has 1 amide bonds. The fraction of sp³-hybridized carbons (Fsp3) is 0.385. The number of rotatable bonds is 4. The van der Waals surface area contributed by atoms with Crippen molar-refractivity contribution in [1.29, 1.82) is 0 Å². The van der Waals surface area contributed by atoms with Crippen LogP contribution in [-0.4, -0.2) is 53.3 Å². The first-order valence-corrected chi connectivity index (χ1v) is 7.30. The summed E-state index contributed by atoms with van der Waals surface area (Å²) in [6, 6.07) is 6.70. The van der Waals surface area contributed by atoms with E-state index in [1.807, 2.05) is 11.8 Å². The van der Waals surface area contributed by atoms with Gasteiger partial charge in [0.25, 0.3) is 5.91 Å². The topological polar surface area (TPSA) is 64.9 Å². The summed E-state index contributed by atoms with van der Waals surface area (Å²) in [6.45, 7) is 2.29. The molecule has 1 aliphatic rings. The smallest absolute Gasteiger partial charge is 0.254 e. The van der Waals surface area contributed by atoms with Crippen LogP contribution in [0.4, 0.5) is 0 Å². The summed E-state index contributed by atoms with van der Waals surface area (Å²) in [5, 5.41) is 13.2. The van der Waals surface area contributed by atoms with E-state index < -0.39 is 0 Å². The van der Waals surface area contributed by atoms with E-state index in [-0.39, 0.29) is 11.7 Å². The van der Waals surface area contributed by atoms with Gasteiger partial charge in [0.2, 0.25) is 0 Å². The summed E-state index contributed by atoms with van der Waals surface area (Å²) < 4.78 is 0. The highest BCUT2D eigenvalue weighted by molar-refractivity contribution is 7.99. The Labute approximate surface area is 116 Å². The molecule has 1 saturated heterocycles. The maximum Gasteiger partial charge on any atom is 0.254 e. The average Bonchev–Trinajstić information content (AvgIpc) is 2.40. The van der Waals surface area contributed by atoms with Gasteiger partial charge in [-0.2, -0.15) is 16.9 Å². The third kappa shape index (κ3) is 4.92. The van der Waals surface area contributed by atoms with E-state index in [0.29, 0.717) is 6.54 Å². The van der Waals surface area contributed by atoms with Crippen LogP contribution >= 0.6 is 11.8 Å². The lowest BCUT2D eigenvalue weighted by Gasteiger charge is -2.24. The zero-order valence-electron chi connectivity index (χ0n) is 10.6. The largest absolute Gasteiger partial charge is 0.508 e. The fourth-order valence-electron chi connectivity index (χ4n) is 1.78. The van der Waals surface area contributed by atoms with Gasteiger partial charge in [-0.25, -0.2) is 5.43 Å². The molecule has 6 heteroatoms. The molecule has 1 aromatic carbocycles. The number of nitrogens with one attached hydrogen (secondary N) is 1. The number of phenols is 1. The predicted octanol–water partition coefficient (Wildman–Crippen LogP) is 0.891. The molecule has 1 aliphatic heterocycles.